The molecule has 2 aromatic carbocycles. The molecule has 69 heavy (non-hydrogen) atoms. The van der Waals surface area contributed by atoms with Crippen molar-refractivity contribution in [3.63, 3.8) is 0 Å². The van der Waals surface area contributed by atoms with Crippen molar-refractivity contribution in [2.45, 2.75) is 146 Å². The Morgan fingerprint density at radius 1 is 0.986 bits per heavy atom. The third-order valence-corrected chi connectivity index (χ3v) is 21.9. The van der Waals surface area contributed by atoms with Gasteiger partial charge in [0.2, 0.25) is 0 Å². The molecule has 7 bridgehead atoms. The van der Waals surface area contributed by atoms with Crippen LogP contribution in [-0.4, -0.2) is 134 Å². The summed E-state index contributed by atoms with van der Waals surface area (Å²) < 4.78 is 71.6. The fraction of sp³-hybridized carbons (Fsp3) is 0.623. The average molecular weight is 969 g/mol. The van der Waals surface area contributed by atoms with Gasteiger partial charge in [-0.1, -0.05) is 53.5 Å². The molecule has 7 heterocycles. The van der Waals surface area contributed by atoms with Crippen molar-refractivity contribution in [3.8, 4) is 34.5 Å². The van der Waals surface area contributed by atoms with Crippen molar-refractivity contribution >= 4 is 41.7 Å². The molecule has 4 fully saturated rings. The maximum Gasteiger partial charge on any atom is 0.411 e. The van der Waals surface area contributed by atoms with Crippen LogP contribution in [0.2, 0.25) is 16.6 Å². The molecular weight excluding hydrogens is 899 g/mol. The molecule has 0 radical (unpaired) electrons. The van der Waals surface area contributed by atoms with Crippen molar-refractivity contribution in [2.75, 3.05) is 71.4 Å². The Morgan fingerprint density at radius 2 is 1.77 bits per heavy atom. The Morgan fingerprint density at radius 3 is 2.51 bits per heavy atom. The number of nitrogens with zero attached hydrogens (tertiary/aromatic N) is 6. The number of piperazine rings is 1. The summed E-state index contributed by atoms with van der Waals surface area (Å²) in [5.41, 5.74) is 3.32. The first-order chi connectivity index (χ1) is 32.9. The fourth-order valence-electron chi connectivity index (χ4n) is 12.6. The van der Waals surface area contributed by atoms with Gasteiger partial charge in [0.05, 0.1) is 40.8 Å². The molecule has 1 amide bonds. The summed E-state index contributed by atoms with van der Waals surface area (Å²) in [4.78, 5) is 35.4. The van der Waals surface area contributed by atoms with Crippen LogP contribution in [0.25, 0.3) is 32.9 Å². The normalized spacial score (nSPS) is 24.4. The monoisotopic (exact) mass is 969 g/mol. The van der Waals surface area contributed by atoms with Gasteiger partial charge in [0.1, 0.15) is 48.9 Å². The molecule has 0 saturated carbocycles. The molecule has 0 N–H and O–H groups in total. The number of anilines is 1. The van der Waals surface area contributed by atoms with Crippen molar-refractivity contribution in [1.82, 2.24) is 24.8 Å². The zero-order valence-electron chi connectivity index (χ0n) is 42.2. The molecule has 0 unspecified atom stereocenters. The molecule has 2 spiro atoms. The van der Waals surface area contributed by atoms with Gasteiger partial charge < -0.3 is 33.3 Å². The number of rotatable bonds is 7. The SMILES string of the molecule is COCOc1cc(-c2ncc3c4nc(nc3c2F)OC[C@]23CCCN2C[C@@H](C3)OCCCOC[C@@]23CC[C@@H](CN4C2)N3C(=O)OC(C)(C)C)c2c(C#C[Si](C(C)C)(C(C)C)C(C)C)c(F)ccc2c1. The molecule has 4 aromatic rings. The van der Waals surface area contributed by atoms with Gasteiger partial charge in [-0.15, -0.1) is 5.54 Å². The first kappa shape index (κ1) is 49.3. The molecule has 0 aliphatic carbocycles. The number of aromatic nitrogens is 3. The molecule has 16 heteroatoms. The van der Waals surface area contributed by atoms with Crippen LogP contribution in [-0.2, 0) is 18.9 Å². The molecule has 9 rings (SSSR count). The quantitative estimate of drug-likeness (QED) is 0.0996. The van der Waals surface area contributed by atoms with Crippen LogP contribution in [0.15, 0.2) is 30.5 Å². The highest BCUT2D eigenvalue weighted by Crippen LogP contribution is 2.46. The lowest BCUT2D eigenvalue weighted by Crippen LogP contribution is -2.66. The van der Waals surface area contributed by atoms with Gasteiger partial charge in [0.25, 0.3) is 0 Å². The van der Waals surface area contributed by atoms with E-state index in [1.165, 1.54) is 13.2 Å². The Bertz CT molecular complexity index is 2630. The van der Waals surface area contributed by atoms with Crippen molar-refractivity contribution < 1.29 is 42.0 Å². The number of ether oxygens (including phenoxy) is 6. The summed E-state index contributed by atoms with van der Waals surface area (Å²) in [7, 11) is -0.807. The Kier molecular flexibility index (Phi) is 13.7. The Labute approximate surface area is 406 Å². The van der Waals surface area contributed by atoms with Crippen molar-refractivity contribution in [1.29, 1.82) is 0 Å². The van der Waals surface area contributed by atoms with Crippen LogP contribution < -0.4 is 14.4 Å². The lowest BCUT2D eigenvalue weighted by atomic mass is 9.94. The second-order valence-corrected chi connectivity index (χ2v) is 27.6. The number of benzene rings is 2. The van der Waals surface area contributed by atoms with Crippen LogP contribution in [0, 0.1) is 23.1 Å². The van der Waals surface area contributed by atoms with E-state index in [0.29, 0.717) is 95.7 Å². The zero-order valence-corrected chi connectivity index (χ0v) is 43.2. The Hall–Kier alpha value is -4.66. The van der Waals surface area contributed by atoms with Gasteiger partial charge in [0, 0.05) is 57.1 Å². The van der Waals surface area contributed by atoms with Crippen LogP contribution in [0.1, 0.15) is 106 Å². The van der Waals surface area contributed by atoms with Gasteiger partial charge in [0.15, 0.2) is 12.6 Å². The van der Waals surface area contributed by atoms with E-state index >= 15 is 8.78 Å². The highest BCUT2D eigenvalue weighted by molar-refractivity contribution is 6.90. The lowest BCUT2D eigenvalue weighted by molar-refractivity contribution is -0.0373. The van der Waals surface area contributed by atoms with E-state index in [1.807, 2.05) is 25.7 Å². The van der Waals surface area contributed by atoms with Gasteiger partial charge in [-0.3, -0.25) is 14.8 Å². The van der Waals surface area contributed by atoms with Gasteiger partial charge in [-0.05, 0) is 106 Å². The zero-order chi connectivity index (χ0) is 49.0. The van der Waals surface area contributed by atoms with Crippen LogP contribution in [0.4, 0.5) is 19.4 Å². The number of amides is 1. The van der Waals surface area contributed by atoms with Crippen molar-refractivity contribution in [2.24, 2.45) is 0 Å². The van der Waals surface area contributed by atoms with E-state index in [0.717, 1.165) is 38.8 Å². The number of fused-ring (bicyclic) bond motifs is 9. The summed E-state index contributed by atoms with van der Waals surface area (Å²) in [6.07, 6.45) is 6.12. The van der Waals surface area contributed by atoms with Crippen LogP contribution in [0.5, 0.6) is 11.8 Å². The molecule has 13 nitrogen and oxygen atoms in total. The summed E-state index contributed by atoms with van der Waals surface area (Å²) in [6.45, 7) is 22.9. The van der Waals surface area contributed by atoms with E-state index < -0.39 is 30.8 Å². The lowest BCUT2D eigenvalue weighted by Gasteiger charge is -2.49. The number of carbonyl (C=O) groups excluding carboxylic acids is 1. The molecule has 5 aliphatic heterocycles. The second-order valence-electron chi connectivity index (χ2n) is 22.0. The first-order valence-corrected chi connectivity index (χ1v) is 27.2. The summed E-state index contributed by atoms with van der Waals surface area (Å²) in [6, 6.07) is 6.34. The molecule has 5 aliphatic rings. The number of hydrogen-bond acceptors (Lipinski definition) is 12. The number of halogens is 2. The molecule has 4 atom stereocenters. The van der Waals surface area contributed by atoms with Crippen LogP contribution >= 0.6 is 0 Å². The summed E-state index contributed by atoms with van der Waals surface area (Å²) >= 11 is 0. The number of pyridine rings is 1. The van der Waals surface area contributed by atoms with Gasteiger partial charge in [-0.2, -0.15) is 9.97 Å². The summed E-state index contributed by atoms with van der Waals surface area (Å²) in [5, 5.41) is 1.41. The molecule has 2 aromatic heterocycles. The smallest absolute Gasteiger partial charge is 0.411 e. The predicted molar refractivity (Wildman–Crippen MR) is 265 cm³/mol. The van der Waals surface area contributed by atoms with Crippen LogP contribution in [0.3, 0.4) is 0 Å². The van der Waals surface area contributed by atoms with Gasteiger partial charge >= 0.3 is 12.1 Å². The number of methoxy groups -OCH3 is 1. The maximum atomic E-state index is 18.2. The third kappa shape index (κ3) is 9.15. The minimum Gasteiger partial charge on any atom is -0.468 e. The Balaban J connectivity index is 1.23. The predicted octanol–water partition coefficient (Wildman–Crippen LogP) is 10.1. The highest BCUT2D eigenvalue weighted by Gasteiger charge is 2.56. The van der Waals surface area contributed by atoms with E-state index in [2.05, 4.69) is 62.8 Å². The largest absolute Gasteiger partial charge is 0.468 e. The molecule has 4 saturated heterocycles. The topological polar surface area (TPSA) is 121 Å². The van der Waals surface area contributed by atoms with E-state index in [9.17, 15) is 4.79 Å². The first-order valence-electron chi connectivity index (χ1n) is 25.0. The van der Waals surface area contributed by atoms with Crippen molar-refractivity contribution in [3.05, 3.63) is 47.7 Å². The maximum absolute atomic E-state index is 18.2. The molecule has 372 valence electrons. The fourth-order valence-corrected chi connectivity index (χ4v) is 17.8. The van der Waals surface area contributed by atoms with E-state index in [4.69, 9.17) is 43.4 Å². The average Bonchev–Trinajstić information content (AvgIpc) is 3.91. The molecular formula is C53H70F2N6O7Si. The summed E-state index contributed by atoms with van der Waals surface area (Å²) in [5.74, 6) is 2.98. The second kappa shape index (κ2) is 19.2. The van der Waals surface area contributed by atoms with E-state index in [-0.39, 0.29) is 60.0 Å². The van der Waals surface area contributed by atoms with Gasteiger partial charge in [-0.25, -0.2) is 13.6 Å². The number of hydrogen-bond donors (Lipinski definition) is 0. The standard InChI is InChI=1S/C53H70F2N6O7Si/c1-33(2)69(34(3)4,35(5)6)22-16-40-43(54)14-13-36-23-38(67-32-63-10)24-41(44(36)40)46-45(55)47-42(26-56-46)48-58-49(57-47)66-31-52-17-11-19-60(52)28-39(25-52)65-21-12-20-64-30-53-18-15-37(27-59(48)29-53)61(53)50(62)68-51(7,8)9/h13-14,23-24,26,33-35,37,39H,11-12,15,17-21,25,27-32H2,1-10H3/t37-,39+,52+,53+/m0/s1. The number of carbonyl (C=O) groups is 1. The highest BCUT2D eigenvalue weighted by atomic mass is 28.3. The third-order valence-electron chi connectivity index (χ3n) is 15.6. The minimum atomic E-state index is -2.33. The minimum absolute atomic E-state index is 0.00444. The van der Waals surface area contributed by atoms with E-state index in [1.54, 1.807) is 24.4 Å².